The molecule has 2 aromatic rings. The molecule has 2 heterocycles. The minimum atomic E-state index is -0.265. The van der Waals surface area contributed by atoms with Gasteiger partial charge in [-0.2, -0.15) is 0 Å². The van der Waals surface area contributed by atoms with E-state index in [0.717, 1.165) is 55.4 Å². The molecular formula is C28H37N3O4S. The highest BCUT2D eigenvalue weighted by Gasteiger charge is 2.38. The Morgan fingerprint density at radius 2 is 1.94 bits per heavy atom. The number of H-pyrrole nitrogens is 1. The quantitative estimate of drug-likeness (QED) is 0.399. The summed E-state index contributed by atoms with van der Waals surface area (Å²) < 4.78 is 6.00. The predicted octanol–water partition coefficient (Wildman–Crippen LogP) is 5.66. The highest BCUT2D eigenvalue weighted by Crippen LogP contribution is 2.41. The van der Waals surface area contributed by atoms with Crippen LogP contribution in [-0.2, 0) is 10.2 Å². The van der Waals surface area contributed by atoms with Crippen molar-refractivity contribution in [2.75, 3.05) is 4.90 Å². The molecule has 0 spiro atoms. The number of rotatable bonds is 6. The number of ether oxygens (including phenoxy) is 1. The summed E-state index contributed by atoms with van der Waals surface area (Å²) in [6.45, 7) is 10.7. The van der Waals surface area contributed by atoms with Crippen molar-refractivity contribution in [3.8, 4) is 5.88 Å². The third kappa shape index (κ3) is 5.80. The number of hydrogen-bond acceptors (Lipinski definition) is 6. The number of carbonyl (C=O) groups is 2. The maximum atomic E-state index is 14.2. The van der Waals surface area contributed by atoms with Crippen LogP contribution in [0.3, 0.4) is 0 Å². The maximum Gasteiger partial charge on any atom is 0.264 e. The number of aldehydes is 1. The minimum absolute atomic E-state index is 0.00112. The van der Waals surface area contributed by atoms with E-state index in [1.165, 1.54) is 23.0 Å². The van der Waals surface area contributed by atoms with Gasteiger partial charge in [-0.1, -0.05) is 39.3 Å². The van der Waals surface area contributed by atoms with E-state index >= 15 is 0 Å². The van der Waals surface area contributed by atoms with Crippen LogP contribution in [0.5, 0.6) is 5.88 Å². The van der Waals surface area contributed by atoms with Crippen LogP contribution < -0.4 is 15.2 Å². The van der Waals surface area contributed by atoms with Crippen molar-refractivity contribution in [3.05, 3.63) is 50.0 Å². The topological polar surface area (TPSA) is 92.4 Å². The first-order valence-corrected chi connectivity index (χ1v) is 13.7. The van der Waals surface area contributed by atoms with Crippen LogP contribution in [0, 0.1) is 11.8 Å². The fourth-order valence-corrected chi connectivity index (χ4v) is 6.36. The molecule has 0 saturated heterocycles. The Morgan fingerprint density at radius 1 is 1.22 bits per heavy atom. The van der Waals surface area contributed by atoms with Gasteiger partial charge in [-0.25, -0.2) is 5.10 Å². The van der Waals surface area contributed by atoms with E-state index in [4.69, 9.17) is 4.74 Å². The Hall–Kier alpha value is -2.74. The third-order valence-electron chi connectivity index (χ3n) is 7.40. The average molecular weight is 512 g/mol. The van der Waals surface area contributed by atoms with Crippen molar-refractivity contribution in [2.45, 2.75) is 90.7 Å². The van der Waals surface area contributed by atoms with Gasteiger partial charge in [-0.05, 0) is 62.8 Å². The molecule has 0 aromatic carbocycles. The number of anilines is 1. The van der Waals surface area contributed by atoms with Crippen molar-refractivity contribution in [1.29, 1.82) is 0 Å². The Balaban J connectivity index is 1.60. The van der Waals surface area contributed by atoms with Gasteiger partial charge in [0.25, 0.3) is 5.56 Å². The SMILES string of the molecule is CC1=CC[C@H](C(=O)N(c2cc(C(C)(C)C)sc2C=O)[C@H]2CC[C@H](Oc3ccc(=O)[nH]n3)CC2)[C@@H](C)C1. The van der Waals surface area contributed by atoms with Crippen molar-refractivity contribution in [3.63, 3.8) is 0 Å². The second kappa shape index (κ2) is 10.7. The van der Waals surface area contributed by atoms with Gasteiger partial charge in [0.15, 0.2) is 6.29 Å². The van der Waals surface area contributed by atoms with Crippen LogP contribution in [-0.4, -0.2) is 34.5 Å². The number of amides is 1. The van der Waals surface area contributed by atoms with E-state index < -0.39 is 0 Å². The highest BCUT2D eigenvalue weighted by atomic mass is 32.1. The highest BCUT2D eigenvalue weighted by molar-refractivity contribution is 7.14. The number of allylic oxidation sites excluding steroid dienone is 2. The average Bonchev–Trinajstić information content (AvgIpc) is 3.26. The van der Waals surface area contributed by atoms with E-state index in [-0.39, 0.29) is 40.9 Å². The van der Waals surface area contributed by atoms with Gasteiger partial charge in [0.2, 0.25) is 11.8 Å². The molecule has 0 radical (unpaired) electrons. The molecule has 0 unspecified atom stereocenters. The summed E-state index contributed by atoms with van der Waals surface area (Å²) in [5.74, 6) is 0.696. The summed E-state index contributed by atoms with van der Waals surface area (Å²) in [6.07, 6.45) is 7.80. The van der Waals surface area contributed by atoms with Crippen molar-refractivity contribution >= 4 is 29.2 Å². The fourth-order valence-electron chi connectivity index (χ4n) is 5.34. The van der Waals surface area contributed by atoms with E-state index in [2.05, 4.69) is 57.0 Å². The number of nitrogens with zero attached hydrogens (tertiary/aromatic N) is 2. The van der Waals surface area contributed by atoms with E-state index in [0.29, 0.717) is 10.8 Å². The van der Waals surface area contributed by atoms with Crippen LogP contribution in [0.15, 0.2) is 34.6 Å². The summed E-state index contributed by atoms with van der Waals surface area (Å²) in [6, 6.07) is 5.05. The zero-order valence-electron chi connectivity index (χ0n) is 21.9. The third-order valence-corrected chi connectivity index (χ3v) is 8.88. The van der Waals surface area contributed by atoms with Crippen LogP contribution >= 0.6 is 11.3 Å². The lowest BCUT2D eigenvalue weighted by atomic mass is 9.79. The molecule has 2 aliphatic carbocycles. The fraction of sp³-hybridized carbons (Fsp3) is 0.571. The molecule has 0 aliphatic heterocycles. The first-order chi connectivity index (χ1) is 17.1. The maximum absolute atomic E-state index is 14.2. The molecule has 7 nitrogen and oxygen atoms in total. The van der Waals surface area contributed by atoms with Gasteiger partial charge in [-0.3, -0.25) is 14.4 Å². The number of aromatic amines is 1. The van der Waals surface area contributed by atoms with Crippen molar-refractivity contribution < 1.29 is 14.3 Å². The van der Waals surface area contributed by atoms with Gasteiger partial charge in [0.05, 0.1) is 10.6 Å². The van der Waals surface area contributed by atoms with Crippen LogP contribution in [0.1, 0.15) is 87.7 Å². The lowest BCUT2D eigenvalue weighted by molar-refractivity contribution is -0.124. The number of nitrogens with one attached hydrogen (secondary N) is 1. The molecule has 2 atom stereocenters. The zero-order valence-corrected chi connectivity index (χ0v) is 22.7. The molecule has 4 rings (SSSR count). The Labute approximate surface area is 216 Å². The normalized spacial score (nSPS) is 24.6. The summed E-state index contributed by atoms with van der Waals surface area (Å²) >= 11 is 1.49. The predicted molar refractivity (Wildman–Crippen MR) is 143 cm³/mol. The van der Waals surface area contributed by atoms with Crippen LogP contribution in [0.2, 0.25) is 0 Å². The van der Waals surface area contributed by atoms with Gasteiger partial charge in [0, 0.05) is 29.0 Å². The number of aromatic nitrogens is 2. The number of hydrogen-bond donors (Lipinski definition) is 1. The molecule has 1 amide bonds. The smallest absolute Gasteiger partial charge is 0.264 e. The second-order valence-electron chi connectivity index (χ2n) is 11.3. The molecule has 2 aromatic heterocycles. The van der Waals surface area contributed by atoms with Gasteiger partial charge in [-0.15, -0.1) is 16.4 Å². The summed E-state index contributed by atoms with van der Waals surface area (Å²) in [4.78, 5) is 41.3. The number of carbonyl (C=O) groups excluding carboxylic acids is 2. The standard InChI is InChI=1S/C28H37N3O4S/c1-17-6-11-21(18(2)14-17)27(34)31(22-15-24(28(3,4)5)36-23(22)16-32)19-7-9-20(10-8-19)35-26-13-12-25(33)29-30-26/h6,12-13,15-16,18-21H,7-11,14H2,1-5H3,(H,29,33)/t18-,19-,20-,21-/m0/s1. The Kier molecular flexibility index (Phi) is 7.83. The molecule has 0 bridgehead atoms. The van der Waals surface area contributed by atoms with Gasteiger partial charge < -0.3 is 9.64 Å². The monoisotopic (exact) mass is 511 g/mol. The first-order valence-electron chi connectivity index (χ1n) is 12.9. The lowest BCUT2D eigenvalue weighted by Gasteiger charge is -2.40. The molecule has 1 saturated carbocycles. The minimum Gasteiger partial charge on any atom is -0.473 e. The summed E-state index contributed by atoms with van der Waals surface area (Å²) in [7, 11) is 0. The molecule has 36 heavy (non-hydrogen) atoms. The van der Waals surface area contributed by atoms with Crippen molar-refractivity contribution in [2.24, 2.45) is 11.8 Å². The Bertz CT molecular complexity index is 1160. The lowest BCUT2D eigenvalue weighted by Crippen LogP contribution is -2.48. The zero-order chi connectivity index (χ0) is 26.0. The molecule has 1 fully saturated rings. The molecular weight excluding hydrogens is 474 g/mol. The molecule has 8 heteroatoms. The molecule has 194 valence electrons. The second-order valence-corrected chi connectivity index (χ2v) is 12.4. The van der Waals surface area contributed by atoms with Gasteiger partial charge >= 0.3 is 0 Å². The van der Waals surface area contributed by atoms with Crippen LogP contribution in [0.25, 0.3) is 0 Å². The Morgan fingerprint density at radius 3 is 2.53 bits per heavy atom. The first kappa shape index (κ1) is 26.3. The van der Waals surface area contributed by atoms with Crippen LogP contribution in [0.4, 0.5) is 5.69 Å². The van der Waals surface area contributed by atoms with Gasteiger partial charge in [0.1, 0.15) is 6.10 Å². The molecule has 1 N–H and O–H groups in total. The van der Waals surface area contributed by atoms with E-state index in [1.807, 2.05) is 4.90 Å². The summed E-state index contributed by atoms with van der Waals surface area (Å²) in [5.41, 5.74) is 1.72. The van der Waals surface area contributed by atoms with E-state index in [9.17, 15) is 14.4 Å². The van der Waals surface area contributed by atoms with Crippen molar-refractivity contribution in [1.82, 2.24) is 10.2 Å². The largest absolute Gasteiger partial charge is 0.473 e. The molecule has 2 aliphatic rings. The number of thiophene rings is 1. The van der Waals surface area contributed by atoms with E-state index in [1.54, 1.807) is 6.07 Å². The summed E-state index contributed by atoms with van der Waals surface area (Å²) in [5, 5.41) is 6.36.